The third-order valence-electron chi connectivity index (χ3n) is 12.9. The first-order valence-corrected chi connectivity index (χ1v) is 22.2. The number of hydrogen-bond donors (Lipinski definition) is 0. The average Bonchev–Trinajstić information content (AvgIpc) is 4.04. The van der Waals surface area contributed by atoms with E-state index in [4.69, 9.17) is 37.9 Å². The van der Waals surface area contributed by atoms with E-state index in [1.54, 1.807) is 0 Å². The van der Waals surface area contributed by atoms with Crippen molar-refractivity contribution in [1.82, 2.24) is 0 Å². The maximum absolute atomic E-state index is 13.4. The molecule has 0 radical (unpaired) electrons. The summed E-state index contributed by atoms with van der Waals surface area (Å²) in [6.45, 7) is 16.3. The predicted molar refractivity (Wildman–Crippen MR) is 210 cm³/mol. The first kappa shape index (κ1) is 46.4. The Bertz CT molecular complexity index is 1210. The van der Waals surface area contributed by atoms with Gasteiger partial charge >= 0.3 is 17.9 Å². The second-order valence-corrected chi connectivity index (χ2v) is 17.0. The van der Waals surface area contributed by atoms with E-state index in [-0.39, 0.29) is 91.0 Å². The monoisotopic (exact) mass is 795 g/mol. The molecule has 15 unspecified atom stereocenters. The van der Waals surface area contributed by atoms with Gasteiger partial charge in [-0.25, -0.2) is 0 Å². The highest BCUT2D eigenvalue weighted by molar-refractivity contribution is 5.74. The minimum Gasteiger partial charge on any atom is -0.464 e. The molecule has 4 rings (SSSR count). The van der Waals surface area contributed by atoms with Crippen LogP contribution in [0.1, 0.15) is 165 Å². The molecule has 0 aliphatic carbocycles. The first-order valence-electron chi connectivity index (χ1n) is 22.2. The zero-order valence-electron chi connectivity index (χ0n) is 35.7. The highest BCUT2D eigenvalue weighted by atomic mass is 16.6. The Morgan fingerprint density at radius 2 is 0.786 bits per heavy atom. The molecule has 0 aromatic rings. The number of carbonyl (C=O) groups excluding carboxylic acids is 4. The summed E-state index contributed by atoms with van der Waals surface area (Å²) in [5.41, 5.74) is 0. The standard InChI is InChI=1S/C44H74O12/c1-9-30-14-15-35(50-30)23-32(11-3)54-42(46)28(7)40-20-17-37(52-40)25-34(13-5)56-44(48)29(8)41-21-18-38(53-41)24-33(12-4)55-43(47)27(6)39-19-16-36(51-39)22-31(10-2)49-26-45/h26-41H,9-25H2,1-8H3. The van der Waals surface area contributed by atoms with Crippen LogP contribution < -0.4 is 0 Å². The Morgan fingerprint density at radius 1 is 0.482 bits per heavy atom. The van der Waals surface area contributed by atoms with Gasteiger partial charge in [0.15, 0.2) is 0 Å². The summed E-state index contributed by atoms with van der Waals surface area (Å²) >= 11 is 0. The lowest BCUT2D eigenvalue weighted by molar-refractivity contribution is -0.162. The number of carbonyl (C=O) groups is 4. The Hall–Kier alpha value is -2.28. The molecule has 0 spiro atoms. The van der Waals surface area contributed by atoms with Crippen LogP contribution in [0.15, 0.2) is 0 Å². The zero-order valence-corrected chi connectivity index (χ0v) is 35.7. The minimum atomic E-state index is -0.436. The molecule has 4 aliphatic heterocycles. The van der Waals surface area contributed by atoms with Crippen molar-refractivity contribution in [3.63, 3.8) is 0 Å². The van der Waals surface area contributed by atoms with Crippen molar-refractivity contribution in [2.24, 2.45) is 17.8 Å². The van der Waals surface area contributed by atoms with Gasteiger partial charge in [-0.1, -0.05) is 34.6 Å². The van der Waals surface area contributed by atoms with Crippen LogP contribution in [-0.4, -0.2) is 97.6 Å². The molecular formula is C44H74O12. The molecule has 4 aliphatic rings. The van der Waals surface area contributed by atoms with Crippen molar-refractivity contribution < 1.29 is 57.1 Å². The number of hydrogen-bond acceptors (Lipinski definition) is 12. The highest BCUT2D eigenvalue weighted by Gasteiger charge is 2.40. The van der Waals surface area contributed by atoms with Crippen LogP contribution in [0.5, 0.6) is 0 Å². The Kier molecular flexibility index (Phi) is 19.3. The summed E-state index contributed by atoms with van der Waals surface area (Å²) in [7, 11) is 0. The SMILES string of the molecule is CCC(CC1CCC(C(C)C(=O)OC(CC)CC2CCC(C(C)C(=O)OC(CC)CC3CCC(C(C)C(=O)OC(CC)CC4CCC(CC)O4)O3)O2)O1)OC=O. The molecule has 0 saturated carbocycles. The van der Waals surface area contributed by atoms with Gasteiger partial charge in [0.25, 0.3) is 6.47 Å². The van der Waals surface area contributed by atoms with Gasteiger partial charge in [-0.2, -0.15) is 0 Å². The molecule has 56 heavy (non-hydrogen) atoms. The van der Waals surface area contributed by atoms with E-state index in [1.807, 2.05) is 48.5 Å². The van der Waals surface area contributed by atoms with Crippen molar-refractivity contribution in [2.75, 3.05) is 0 Å². The summed E-state index contributed by atoms with van der Waals surface area (Å²) in [6, 6.07) is 0. The van der Waals surface area contributed by atoms with Crippen LogP contribution in [-0.2, 0) is 57.1 Å². The quantitative estimate of drug-likeness (QED) is 0.0531. The van der Waals surface area contributed by atoms with Crippen LogP contribution in [0.3, 0.4) is 0 Å². The van der Waals surface area contributed by atoms with Gasteiger partial charge in [0.2, 0.25) is 0 Å². The molecular weight excluding hydrogens is 720 g/mol. The smallest absolute Gasteiger partial charge is 0.311 e. The highest BCUT2D eigenvalue weighted by Crippen LogP contribution is 2.34. The Labute approximate surface area is 336 Å². The van der Waals surface area contributed by atoms with Gasteiger partial charge in [-0.3, -0.25) is 19.2 Å². The number of rotatable bonds is 24. The van der Waals surface area contributed by atoms with Crippen molar-refractivity contribution in [1.29, 1.82) is 0 Å². The summed E-state index contributed by atoms with van der Waals surface area (Å²) in [5, 5.41) is 0. The average molecular weight is 795 g/mol. The van der Waals surface area contributed by atoms with Crippen molar-refractivity contribution >= 4 is 24.4 Å². The van der Waals surface area contributed by atoms with Gasteiger partial charge in [0, 0.05) is 25.7 Å². The van der Waals surface area contributed by atoms with Crippen LogP contribution >= 0.6 is 0 Å². The van der Waals surface area contributed by atoms with Gasteiger partial charge in [0.1, 0.15) is 24.4 Å². The van der Waals surface area contributed by atoms with E-state index in [0.717, 1.165) is 77.0 Å². The topological polar surface area (TPSA) is 142 Å². The zero-order chi connectivity index (χ0) is 40.8. The van der Waals surface area contributed by atoms with Crippen molar-refractivity contribution in [2.45, 2.75) is 238 Å². The van der Waals surface area contributed by atoms with E-state index in [1.165, 1.54) is 0 Å². The van der Waals surface area contributed by atoms with Gasteiger partial charge < -0.3 is 37.9 Å². The molecule has 15 atom stereocenters. The molecule has 0 amide bonds. The summed E-state index contributed by atoms with van der Waals surface area (Å²) in [4.78, 5) is 50.5. The van der Waals surface area contributed by atoms with E-state index in [9.17, 15) is 19.2 Å². The molecule has 0 aromatic heterocycles. The fraction of sp³-hybridized carbons (Fsp3) is 0.909. The van der Waals surface area contributed by atoms with Gasteiger partial charge in [-0.05, 0) is 104 Å². The van der Waals surface area contributed by atoms with E-state index < -0.39 is 11.8 Å². The minimum absolute atomic E-state index is 0.0444. The van der Waals surface area contributed by atoms with Crippen LogP contribution in [0.2, 0.25) is 0 Å². The molecule has 4 fully saturated rings. The lowest BCUT2D eigenvalue weighted by Gasteiger charge is -2.26. The van der Waals surface area contributed by atoms with Crippen LogP contribution in [0.4, 0.5) is 0 Å². The summed E-state index contributed by atoms with van der Waals surface area (Å²) in [6.07, 6.45) is 11.7. The Balaban J connectivity index is 1.15. The molecule has 0 bridgehead atoms. The second-order valence-electron chi connectivity index (χ2n) is 17.0. The fourth-order valence-corrected chi connectivity index (χ4v) is 8.81. The van der Waals surface area contributed by atoms with Crippen molar-refractivity contribution in [3.05, 3.63) is 0 Å². The maximum atomic E-state index is 13.4. The van der Waals surface area contributed by atoms with E-state index in [0.29, 0.717) is 44.7 Å². The molecule has 322 valence electrons. The molecule has 0 aromatic carbocycles. The van der Waals surface area contributed by atoms with Gasteiger partial charge in [0.05, 0.1) is 66.6 Å². The summed E-state index contributed by atoms with van der Waals surface area (Å²) in [5.74, 6) is -1.99. The van der Waals surface area contributed by atoms with Crippen LogP contribution in [0.25, 0.3) is 0 Å². The number of esters is 3. The Morgan fingerprint density at radius 3 is 1.09 bits per heavy atom. The molecule has 4 saturated heterocycles. The fourth-order valence-electron chi connectivity index (χ4n) is 8.81. The predicted octanol–water partition coefficient (Wildman–Crippen LogP) is 7.97. The summed E-state index contributed by atoms with van der Waals surface area (Å²) < 4.78 is 48.1. The second kappa shape index (κ2) is 23.3. The molecule has 12 nitrogen and oxygen atoms in total. The third kappa shape index (κ3) is 13.7. The molecule has 12 heteroatoms. The first-order chi connectivity index (χ1) is 26.9. The van der Waals surface area contributed by atoms with Crippen molar-refractivity contribution in [3.8, 4) is 0 Å². The van der Waals surface area contributed by atoms with Gasteiger partial charge in [-0.15, -0.1) is 0 Å². The van der Waals surface area contributed by atoms with E-state index >= 15 is 0 Å². The maximum Gasteiger partial charge on any atom is 0.311 e. The largest absolute Gasteiger partial charge is 0.464 e. The third-order valence-corrected chi connectivity index (χ3v) is 12.9. The lowest BCUT2D eigenvalue weighted by Crippen LogP contribution is -2.34. The molecule has 0 N–H and O–H groups in total. The molecule has 4 heterocycles. The van der Waals surface area contributed by atoms with E-state index in [2.05, 4.69) is 6.92 Å². The van der Waals surface area contributed by atoms with Crippen LogP contribution in [0, 0.1) is 17.8 Å². The number of ether oxygens (including phenoxy) is 8. The lowest BCUT2D eigenvalue weighted by atomic mass is 9.99. The normalized spacial score (nSPS) is 31.5.